The number of hydrogen-bond donors (Lipinski definition) is 1. The zero-order valence-corrected chi connectivity index (χ0v) is 8.25. The van der Waals surface area contributed by atoms with Crippen molar-refractivity contribution in [2.24, 2.45) is 11.8 Å². The van der Waals surface area contributed by atoms with Gasteiger partial charge in [0.1, 0.15) is 0 Å². The lowest BCUT2D eigenvalue weighted by molar-refractivity contribution is -0.133. The third-order valence-electron chi connectivity index (χ3n) is 3.16. The van der Waals surface area contributed by atoms with Crippen molar-refractivity contribution in [2.75, 3.05) is 0 Å². The van der Waals surface area contributed by atoms with E-state index in [-0.39, 0.29) is 5.92 Å². The van der Waals surface area contributed by atoms with Crippen LogP contribution in [0.3, 0.4) is 0 Å². The summed E-state index contributed by atoms with van der Waals surface area (Å²) in [6.07, 6.45) is 5.68. The Balaban J connectivity index is 2.64. The maximum atomic E-state index is 10.8. The summed E-state index contributed by atoms with van der Waals surface area (Å²) in [5.74, 6) is -0.0287. The molecule has 0 bridgehead atoms. The van der Waals surface area contributed by atoms with Crippen LogP contribution in [0.25, 0.3) is 0 Å². The van der Waals surface area contributed by atoms with E-state index in [0.717, 1.165) is 19.3 Å². The van der Waals surface area contributed by atoms with Crippen molar-refractivity contribution in [3.05, 3.63) is 12.2 Å². The van der Waals surface area contributed by atoms with Crippen LogP contribution in [0, 0.1) is 11.8 Å². The Morgan fingerprint density at radius 1 is 1.46 bits per heavy atom. The first-order valence-corrected chi connectivity index (χ1v) is 5.09. The molecule has 1 aliphatic carbocycles. The predicted molar refractivity (Wildman–Crippen MR) is 52.5 cm³/mol. The average molecular weight is 182 g/mol. The molecule has 74 valence electrons. The fraction of sp³-hybridized carbons (Fsp3) is 0.727. The van der Waals surface area contributed by atoms with Crippen LogP contribution in [0.1, 0.15) is 39.0 Å². The lowest BCUT2D eigenvalue weighted by atomic mass is 9.74. The molecule has 0 saturated heterocycles. The molecule has 2 nitrogen and oxygen atoms in total. The van der Waals surface area contributed by atoms with Gasteiger partial charge in [0.05, 0.1) is 0 Å². The van der Waals surface area contributed by atoms with Crippen molar-refractivity contribution in [1.82, 2.24) is 0 Å². The second kappa shape index (κ2) is 4.45. The molecule has 1 rings (SSSR count). The lowest BCUT2D eigenvalue weighted by Gasteiger charge is -2.30. The maximum Gasteiger partial charge on any atom is 0.331 e. The predicted octanol–water partition coefficient (Wildman–Crippen LogP) is 2.84. The van der Waals surface area contributed by atoms with E-state index in [9.17, 15) is 4.79 Å². The number of carboxylic acid groups (broad SMARTS) is 1. The molecule has 2 atom stereocenters. The van der Waals surface area contributed by atoms with Gasteiger partial charge in [-0.25, -0.2) is 4.79 Å². The first-order chi connectivity index (χ1) is 6.16. The minimum absolute atomic E-state index is 0.233. The smallest absolute Gasteiger partial charge is 0.331 e. The van der Waals surface area contributed by atoms with E-state index in [1.165, 1.54) is 12.8 Å². The molecule has 0 aliphatic heterocycles. The van der Waals surface area contributed by atoms with Crippen LogP contribution < -0.4 is 0 Å². The van der Waals surface area contributed by atoms with Gasteiger partial charge in [-0.05, 0) is 24.7 Å². The highest BCUT2D eigenvalue weighted by Crippen LogP contribution is 2.36. The van der Waals surface area contributed by atoms with Gasteiger partial charge in [0.25, 0.3) is 0 Å². The summed E-state index contributed by atoms with van der Waals surface area (Å²) in [6.45, 7) is 5.81. The van der Waals surface area contributed by atoms with Crippen molar-refractivity contribution in [3.63, 3.8) is 0 Å². The van der Waals surface area contributed by atoms with Gasteiger partial charge >= 0.3 is 5.97 Å². The molecule has 1 saturated carbocycles. The molecular weight excluding hydrogens is 164 g/mol. The Morgan fingerprint density at radius 3 is 2.62 bits per heavy atom. The largest absolute Gasteiger partial charge is 0.478 e. The molecule has 0 aromatic rings. The zero-order chi connectivity index (χ0) is 9.84. The Bertz CT molecular complexity index is 208. The standard InChI is InChI=1S/C11H18O2/c1-3-9-6-4-5-7-10(9)8(2)11(12)13/h9-10H,2-7H2,1H3,(H,12,13). The van der Waals surface area contributed by atoms with Crippen molar-refractivity contribution >= 4 is 5.97 Å². The van der Waals surface area contributed by atoms with E-state index in [1.54, 1.807) is 0 Å². The van der Waals surface area contributed by atoms with Crippen LogP contribution in [0.4, 0.5) is 0 Å². The summed E-state index contributed by atoms with van der Waals surface area (Å²) in [4.78, 5) is 10.8. The fourth-order valence-electron chi connectivity index (χ4n) is 2.31. The van der Waals surface area contributed by atoms with Crippen LogP contribution in [0.15, 0.2) is 12.2 Å². The molecule has 2 unspecified atom stereocenters. The van der Waals surface area contributed by atoms with Gasteiger partial charge in [-0.15, -0.1) is 0 Å². The summed E-state index contributed by atoms with van der Waals surface area (Å²) in [5.41, 5.74) is 0.423. The summed E-state index contributed by atoms with van der Waals surface area (Å²) in [5, 5.41) is 8.85. The average Bonchev–Trinajstić information content (AvgIpc) is 2.16. The van der Waals surface area contributed by atoms with Crippen LogP contribution >= 0.6 is 0 Å². The maximum absolute atomic E-state index is 10.8. The van der Waals surface area contributed by atoms with Crippen molar-refractivity contribution in [2.45, 2.75) is 39.0 Å². The molecule has 0 heterocycles. The van der Waals surface area contributed by atoms with Gasteiger partial charge in [-0.3, -0.25) is 0 Å². The Morgan fingerprint density at radius 2 is 2.08 bits per heavy atom. The highest BCUT2D eigenvalue weighted by atomic mass is 16.4. The zero-order valence-electron chi connectivity index (χ0n) is 8.25. The SMILES string of the molecule is C=C(C(=O)O)C1CCCCC1CC. The topological polar surface area (TPSA) is 37.3 Å². The van der Waals surface area contributed by atoms with Gasteiger partial charge in [0.2, 0.25) is 0 Å². The quantitative estimate of drug-likeness (QED) is 0.681. The van der Waals surface area contributed by atoms with E-state index in [4.69, 9.17) is 5.11 Å². The Labute approximate surface area is 79.6 Å². The Hall–Kier alpha value is -0.790. The normalized spacial score (nSPS) is 28.4. The number of hydrogen-bond acceptors (Lipinski definition) is 1. The second-order valence-electron chi connectivity index (χ2n) is 3.89. The highest BCUT2D eigenvalue weighted by molar-refractivity contribution is 5.86. The van der Waals surface area contributed by atoms with Gasteiger partial charge in [0.15, 0.2) is 0 Å². The van der Waals surface area contributed by atoms with E-state index >= 15 is 0 Å². The second-order valence-corrected chi connectivity index (χ2v) is 3.89. The first-order valence-electron chi connectivity index (χ1n) is 5.09. The molecule has 1 N–H and O–H groups in total. The molecule has 2 heteroatoms. The van der Waals surface area contributed by atoms with E-state index in [1.807, 2.05) is 0 Å². The van der Waals surface area contributed by atoms with Crippen LogP contribution in [0.5, 0.6) is 0 Å². The van der Waals surface area contributed by atoms with Crippen LogP contribution in [-0.2, 0) is 4.79 Å². The van der Waals surface area contributed by atoms with E-state index in [0.29, 0.717) is 11.5 Å². The summed E-state index contributed by atoms with van der Waals surface area (Å²) in [6, 6.07) is 0. The minimum atomic E-state index is -0.814. The molecule has 1 fully saturated rings. The number of carboxylic acids is 1. The lowest BCUT2D eigenvalue weighted by Crippen LogP contribution is -2.23. The fourth-order valence-corrected chi connectivity index (χ4v) is 2.31. The third kappa shape index (κ3) is 2.33. The molecule has 0 spiro atoms. The van der Waals surface area contributed by atoms with E-state index in [2.05, 4.69) is 13.5 Å². The number of carbonyl (C=O) groups is 1. The first kappa shape index (κ1) is 10.3. The van der Waals surface area contributed by atoms with Crippen molar-refractivity contribution in [3.8, 4) is 0 Å². The molecule has 0 aromatic heterocycles. The van der Waals surface area contributed by atoms with Crippen LogP contribution in [-0.4, -0.2) is 11.1 Å². The summed E-state index contributed by atoms with van der Waals surface area (Å²) < 4.78 is 0. The highest BCUT2D eigenvalue weighted by Gasteiger charge is 2.28. The van der Waals surface area contributed by atoms with Gasteiger partial charge in [0, 0.05) is 5.57 Å². The van der Waals surface area contributed by atoms with Crippen LogP contribution in [0.2, 0.25) is 0 Å². The number of aliphatic carboxylic acids is 1. The molecule has 1 aliphatic rings. The van der Waals surface area contributed by atoms with Gasteiger partial charge < -0.3 is 5.11 Å². The Kier molecular flexibility index (Phi) is 3.52. The molecule has 0 radical (unpaired) electrons. The molecule has 13 heavy (non-hydrogen) atoms. The monoisotopic (exact) mass is 182 g/mol. The molecular formula is C11H18O2. The summed E-state index contributed by atoms with van der Waals surface area (Å²) in [7, 11) is 0. The van der Waals surface area contributed by atoms with Crippen molar-refractivity contribution < 1.29 is 9.90 Å². The van der Waals surface area contributed by atoms with Gasteiger partial charge in [-0.1, -0.05) is 32.8 Å². The van der Waals surface area contributed by atoms with E-state index < -0.39 is 5.97 Å². The number of rotatable bonds is 3. The molecule has 0 aromatic carbocycles. The summed E-state index contributed by atoms with van der Waals surface area (Å²) >= 11 is 0. The third-order valence-corrected chi connectivity index (χ3v) is 3.16. The van der Waals surface area contributed by atoms with Crippen molar-refractivity contribution in [1.29, 1.82) is 0 Å². The minimum Gasteiger partial charge on any atom is -0.478 e. The molecule has 0 amide bonds. The van der Waals surface area contributed by atoms with Gasteiger partial charge in [-0.2, -0.15) is 0 Å².